The summed E-state index contributed by atoms with van der Waals surface area (Å²) >= 11 is 5.85. The van der Waals surface area contributed by atoms with E-state index in [1.165, 1.54) is 18.2 Å². The highest BCUT2D eigenvalue weighted by Crippen LogP contribution is 2.31. The largest absolute Gasteiger partial charge is 0.490 e. The van der Waals surface area contributed by atoms with Gasteiger partial charge in [0.15, 0.2) is 0 Å². The van der Waals surface area contributed by atoms with Crippen LogP contribution in [-0.2, 0) is 0 Å². The van der Waals surface area contributed by atoms with Crippen molar-refractivity contribution in [3.05, 3.63) is 64.4 Å². The molecule has 0 spiro atoms. The molecule has 20 heavy (non-hydrogen) atoms. The lowest BCUT2D eigenvalue weighted by molar-refractivity contribution is 0.214. The summed E-state index contributed by atoms with van der Waals surface area (Å²) in [6, 6.07) is 11.3. The molecule has 0 saturated heterocycles. The van der Waals surface area contributed by atoms with Crippen molar-refractivity contribution >= 4 is 11.6 Å². The van der Waals surface area contributed by atoms with Crippen LogP contribution in [0.25, 0.3) is 0 Å². The second kappa shape index (κ2) is 5.43. The van der Waals surface area contributed by atoms with Crippen molar-refractivity contribution in [3.63, 3.8) is 0 Å². The maximum absolute atomic E-state index is 13.8. The van der Waals surface area contributed by atoms with Gasteiger partial charge in [-0.1, -0.05) is 23.7 Å². The molecule has 1 fully saturated rings. The molecule has 0 heterocycles. The molecule has 1 atom stereocenters. The molecule has 1 unspecified atom stereocenters. The van der Waals surface area contributed by atoms with Crippen molar-refractivity contribution in [1.82, 2.24) is 0 Å². The number of ether oxygens (including phenoxy) is 1. The predicted molar refractivity (Wildman–Crippen MR) is 75.6 cm³/mol. The molecule has 0 aromatic heterocycles. The monoisotopic (exact) mass is 292 g/mol. The summed E-state index contributed by atoms with van der Waals surface area (Å²) in [5.41, 5.74) is 0.755. The number of benzene rings is 2. The molecule has 1 aliphatic rings. The van der Waals surface area contributed by atoms with Gasteiger partial charge in [-0.15, -0.1) is 0 Å². The molecular weight excluding hydrogens is 279 g/mol. The minimum Gasteiger partial charge on any atom is -0.490 e. The maximum Gasteiger partial charge on any atom is 0.129 e. The highest BCUT2D eigenvalue weighted by Gasteiger charge is 2.24. The molecular formula is C16H14ClFO2. The zero-order chi connectivity index (χ0) is 14.1. The van der Waals surface area contributed by atoms with E-state index in [4.69, 9.17) is 16.3 Å². The van der Waals surface area contributed by atoms with E-state index in [0.29, 0.717) is 16.3 Å². The topological polar surface area (TPSA) is 29.5 Å². The summed E-state index contributed by atoms with van der Waals surface area (Å²) in [5.74, 6) is 0.224. The highest BCUT2D eigenvalue weighted by molar-refractivity contribution is 6.30. The van der Waals surface area contributed by atoms with Gasteiger partial charge >= 0.3 is 0 Å². The third-order valence-electron chi connectivity index (χ3n) is 3.25. The van der Waals surface area contributed by atoms with E-state index in [1.54, 1.807) is 18.2 Å². The molecule has 3 rings (SSSR count). The molecule has 0 aliphatic heterocycles. The van der Waals surface area contributed by atoms with Crippen molar-refractivity contribution in [2.45, 2.75) is 25.0 Å². The fraction of sp³-hybridized carbons (Fsp3) is 0.250. The van der Waals surface area contributed by atoms with Gasteiger partial charge in [-0.25, -0.2) is 4.39 Å². The van der Waals surface area contributed by atoms with Crippen LogP contribution in [0, 0.1) is 5.82 Å². The second-order valence-corrected chi connectivity index (χ2v) is 5.39. The van der Waals surface area contributed by atoms with Gasteiger partial charge in [0, 0.05) is 10.6 Å². The van der Waals surface area contributed by atoms with E-state index >= 15 is 0 Å². The molecule has 0 amide bonds. The Bertz CT molecular complexity index is 626. The zero-order valence-corrected chi connectivity index (χ0v) is 11.5. The van der Waals surface area contributed by atoms with Gasteiger partial charge in [-0.05, 0) is 48.7 Å². The van der Waals surface area contributed by atoms with Crippen LogP contribution in [0.15, 0.2) is 42.5 Å². The van der Waals surface area contributed by atoms with Crippen LogP contribution in [0.1, 0.15) is 30.1 Å². The van der Waals surface area contributed by atoms with Crippen molar-refractivity contribution in [1.29, 1.82) is 0 Å². The van der Waals surface area contributed by atoms with Crippen LogP contribution in [0.2, 0.25) is 5.02 Å². The van der Waals surface area contributed by atoms with E-state index in [-0.39, 0.29) is 11.7 Å². The highest BCUT2D eigenvalue weighted by atomic mass is 35.5. The van der Waals surface area contributed by atoms with Gasteiger partial charge < -0.3 is 9.84 Å². The molecule has 1 aliphatic carbocycles. The lowest BCUT2D eigenvalue weighted by Gasteiger charge is -2.14. The standard InChI is InChI=1S/C16H14ClFO2/c17-11-4-7-15(18)14(9-11)16(19)10-2-1-3-13(8-10)20-12-5-6-12/h1-4,7-9,12,16,19H,5-6H2. The summed E-state index contributed by atoms with van der Waals surface area (Å²) in [6.07, 6.45) is 1.35. The summed E-state index contributed by atoms with van der Waals surface area (Å²) in [4.78, 5) is 0. The molecule has 4 heteroatoms. The number of aliphatic hydroxyl groups is 1. The Kier molecular flexibility index (Phi) is 3.64. The molecule has 0 bridgehead atoms. The van der Waals surface area contributed by atoms with Gasteiger partial charge in [-0.2, -0.15) is 0 Å². The van der Waals surface area contributed by atoms with E-state index in [9.17, 15) is 9.50 Å². The van der Waals surface area contributed by atoms with E-state index < -0.39 is 11.9 Å². The summed E-state index contributed by atoms with van der Waals surface area (Å²) in [7, 11) is 0. The van der Waals surface area contributed by atoms with E-state index in [0.717, 1.165) is 12.8 Å². The maximum atomic E-state index is 13.8. The van der Waals surface area contributed by atoms with Gasteiger partial charge in [0.2, 0.25) is 0 Å². The first-order valence-electron chi connectivity index (χ1n) is 6.53. The minimum atomic E-state index is -1.06. The Morgan fingerprint density at radius 3 is 2.75 bits per heavy atom. The zero-order valence-electron chi connectivity index (χ0n) is 10.7. The average Bonchev–Trinajstić information content (AvgIpc) is 3.25. The third kappa shape index (κ3) is 2.94. The lowest BCUT2D eigenvalue weighted by Crippen LogP contribution is -2.04. The number of hydrogen-bond donors (Lipinski definition) is 1. The molecule has 2 aromatic rings. The Hall–Kier alpha value is -1.58. The smallest absolute Gasteiger partial charge is 0.129 e. The Morgan fingerprint density at radius 2 is 2.00 bits per heavy atom. The fourth-order valence-electron chi connectivity index (χ4n) is 2.04. The fourth-order valence-corrected chi connectivity index (χ4v) is 2.22. The minimum absolute atomic E-state index is 0.168. The summed E-state index contributed by atoms with van der Waals surface area (Å²) in [5, 5.41) is 10.7. The Morgan fingerprint density at radius 1 is 1.20 bits per heavy atom. The van der Waals surface area contributed by atoms with E-state index in [2.05, 4.69) is 0 Å². The second-order valence-electron chi connectivity index (χ2n) is 4.96. The predicted octanol–water partition coefficient (Wildman–Crippen LogP) is 4.10. The first-order chi connectivity index (χ1) is 9.63. The van der Waals surface area contributed by atoms with Crippen molar-refractivity contribution < 1.29 is 14.2 Å². The number of halogens is 2. The van der Waals surface area contributed by atoms with Crippen LogP contribution < -0.4 is 4.74 Å². The third-order valence-corrected chi connectivity index (χ3v) is 3.49. The van der Waals surface area contributed by atoms with Crippen LogP contribution in [0.3, 0.4) is 0 Å². The average molecular weight is 293 g/mol. The van der Waals surface area contributed by atoms with E-state index in [1.807, 2.05) is 6.07 Å². The number of rotatable bonds is 4. The Balaban J connectivity index is 1.88. The SMILES string of the molecule is OC(c1cccc(OC2CC2)c1)c1cc(Cl)ccc1F. The number of hydrogen-bond acceptors (Lipinski definition) is 2. The molecule has 1 N–H and O–H groups in total. The Labute approximate surface area is 121 Å². The van der Waals surface area contributed by atoms with Gasteiger partial charge in [0.1, 0.15) is 17.7 Å². The normalized spacial score (nSPS) is 15.9. The molecule has 104 valence electrons. The molecule has 0 radical (unpaired) electrons. The van der Waals surface area contributed by atoms with Crippen LogP contribution in [0.5, 0.6) is 5.75 Å². The van der Waals surface area contributed by atoms with Crippen LogP contribution in [-0.4, -0.2) is 11.2 Å². The first kappa shape index (κ1) is 13.4. The van der Waals surface area contributed by atoms with Crippen LogP contribution >= 0.6 is 11.6 Å². The molecule has 2 nitrogen and oxygen atoms in total. The van der Waals surface area contributed by atoms with Crippen molar-refractivity contribution in [2.75, 3.05) is 0 Å². The summed E-state index contributed by atoms with van der Waals surface area (Å²) < 4.78 is 19.5. The quantitative estimate of drug-likeness (QED) is 0.919. The molecule has 1 saturated carbocycles. The van der Waals surface area contributed by atoms with Gasteiger partial charge in [-0.3, -0.25) is 0 Å². The number of aliphatic hydroxyl groups excluding tert-OH is 1. The van der Waals surface area contributed by atoms with Gasteiger partial charge in [0.05, 0.1) is 6.10 Å². The lowest BCUT2D eigenvalue weighted by atomic mass is 10.0. The van der Waals surface area contributed by atoms with Crippen molar-refractivity contribution in [3.8, 4) is 5.75 Å². The van der Waals surface area contributed by atoms with Gasteiger partial charge in [0.25, 0.3) is 0 Å². The first-order valence-corrected chi connectivity index (χ1v) is 6.91. The van der Waals surface area contributed by atoms with Crippen molar-refractivity contribution in [2.24, 2.45) is 0 Å². The molecule has 2 aromatic carbocycles. The van der Waals surface area contributed by atoms with Crippen LogP contribution in [0.4, 0.5) is 4.39 Å². The summed E-state index contributed by atoms with van der Waals surface area (Å²) in [6.45, 7) is 0.